The number of hydrogen-bond donors (Lipinski definition) is 0. The smallest absolute Gasteiger partial charge is 0.221 e. The van der Waals surface area contributed by atoms with Gasteiger partial charge in [0, 0.05) is 26.7 Å². The second-order valence-corrected chi connectivity index (χ2v) is 13.2. The van der Waals surface area contributed by atoms with Gasteiger partial charge in [0.05, 0.1) is 25.4 Å². The minimum atomic E-state index is -2.54. The van der Waals surface area contributed by atoms with Gasteiger partial charge < -0.3 is 4.74 Å². The molecule has 0 bridgehead atoms. The molecule has 0 fully saturated rings. The molecule has 0 unspecified atom stereocenters. The van der Waals surface area contributed by atoms with E-state index in [1.165, 1.54) is 11.8 Å². The molecular weight excluding hydrogens is 541 g/mol. The third-order valence-electron chi connectivity index (χ3n) is 6.35. The molecule has 0 saturated heterocycles. The summed E-state index contributed by atoms with van der Waals surface area (Å²) >= 11 is 7.67. The van der Waals surface area contributed by atoms with Crippen LogP contribution in [0.25, 0.3) is 0 Å². The maximum absolute atomic E-state index is 13.6. The first-order valence-corrected chi connectivity index (χ1v) is 15.6. The molecule has 5 rings (SSSR count). The SMILES string of the molecule is COc1ccc(CSC(=O)c2cc(Cl)ccc2N=P(c2ccccc2)(c2ccccc2)c2ccccc2)cc1. The molecule has 0 N–H and O–H groups in total. The Kier molecular flexibility index (Phi) is 8.68. The van der Waals surface area contributed by atoms with E-state index in [4.69, 9.17) is 21.1 Å². The van der Waals surface area contributed by atoms with E-state index in [0.29, 0.717) is 22.0 Å². The van der Waals surface area contributed by atoms with Crippen molar-refractivity contribution in [1.29, 1.82) is 0 Å². The van der Waals surface area contributed by atoms with Crippen molar-refractivity contribution in [3.05, 3.63) is 150 Å². The van der Waals surface area contributed by atoms with Crippen molar-refractivity contribution in [2.24, 2.45) is 4.74 Å². The summed E-state index contributed by atoms with van der Waals surface area (Å²) in [5.74, 6) is 1.32. The summed E-state index contributed by atoms with van der Waals surface area (Å²) in [6.07, 6.45) is 0. The van der Waals surface area contributed by atoms with E-state index in [1.807, 2.05) is 84.9 Å². The van der Waals surface area contributed by atoms with Gasteiger partial charge in [0.1, 0.15) is 5.75 Å². The molecule has 0 spiro atoms. The topological polar surface area (TPSA) is 38.7 Å². The van der Waals surface area contributed by atoms with Gasteiger partial charge >= 0.3 is 0 Å². The van der Waals surface area contributed by atoms with E-state index in [2.05, 4.69) is 36.4 Å². The van der Waals surface area contributed by atoms with Crippen molar-refractivity contribution in [1.82, 2.24) is 0 Å². The molecule has 0 aliphatic rings. The van der Waals surface area contributed by atoms with Crippen LogP contribution in [-0.4, -0.2) is 12.2 Å². The number of rotatable bonds is 8. The number of thioether (sulfide) groups is 1. The molecule has 6 heteroatoms. The van der Waals surface area contributed by atoms with E-state index in [1.54, 1.807) is 19.2 Å². The van der Waals surface area contributed by atoms with Crippen LogP contribution in [0.2, 0.25) is 5.02 Å². The summed E-state index contributed by atoms with van der Waals surface area (Å²) in [5.41, 5.74) is 2.18. The summed E-state index contributed by atoms with van der Waals surface area (Å²) in [5, 5.41) is 3.77. The van der Waals surface area contributed by atoms with E-state index in [-0.39, 0.29) is 5.12 Å². The summed E-state index contributed by atoms with van der Waals surface area (Å²) in [6, 6.07) is 44.3. The number of carbonyl (C=O) groups excluding carboxylic acids is 1. The molecule has 5 aromatic rings. The highest BCUT2D eigenvalue weighted by molar-refractivity contribution is 8.13. The lowest BCUT2D eigenvalue weighted by Crippen LogP contribution is -2.25. The minimum Gasteiger partial charge on any atom is -0.497 e. The fourth-order valence-corrected chi connectivity index (χ4v) is 8.95. The average Bonchev–Trinajstić information content (AvgIpc) is 3.01. The van der Waals surface area contributed by atoms with Gasteiger partial charge in [-0.15, -0.1) is 0 Å². The van der Waals surface area contributed by atoms with Crippen LogP contribution in [0.1, 0.15) is 15.9 Å². The number of carbonyl (C=O) groups is 1. The van der Waals surface area contributed by atoms with Gasteiger partial charge in [0.25, 0.3) is 0 Å². The normalized spacial score (nSPS) is 11.1. The Hall–Kier alpha value is -3.56. The lowest BCUT2D eigenvalue weighted by Gasteiger charge is -2.27. The van der Waals surface area contributed by atoms with Crippen molar-refractivity contribution in [2.45, 2.75) is 5.75 Å². The molecule has 0 heterocycles. The monoisotopic (exact) mass is 567 g/mol. The highest BCUT2D eigenvalue weighted by Crippen LogP contribution is 2.50. The maximum Gasteiger partial charge on any atom is 0.221 e. The number of hydrogen-bond acceptors (Lipinski definition) is 4. The average molecular weight is 568 g/mol. The summed E-state index contributed by atoms with van der Waals surface area (Å²) in [6.45, 7) is 0. The summed E-state index contributed by atoms with van der Waals surface area (Å²) < 4.78 is 10.8. The Morgan fingerprint density at radius 3 is 1.74 bits per heavy atom. The van der Waals surface area contributed by atoms with E-state index in [0.717, 1.165) is 27.2 Å². The van der Waals surface area contributed by atoms with Crippen LogP contribution in [0.15, 0.2) is 138 Å². The van der Waals surface area contributed by atoms with Gasteiger partial charge in [-0.05, 0) is 35.9 Å². The molecular formula is C33H27ClNO2PS. The molecule has 0 aromatic heterocycles. The van der Waals surface area contributed by atoms with Crippen LogP contribution in [0, 0.1) is 0 Å². The Balaban J connectivity index is 1.67. The van der Waals surface area contributed by atoms with E-state index >= 15 is 0 Å². The minimum absolute atomic E-state index is 0.0700. The van der Waals surface area contributed by atoms with Crippen molar-refractivity contribution in [3.63, 3.8) is 0 Å². The van der Waals surface area contributed by atoms with E-state index in [9.17, 15) is 4.79 Å². The third-order valence-corrected chi connectivity index (χ3v) is 11.2. The Morgan fingerprint density at radius 1 is 0.744 bits per heavy atom. The lowest BCUT2D eigenvalue weighted by molar-refractivity contribution is 0.108. The van der Waals surface area contributed by atoms with Crippen LogP contribution in [0.5, 0.6) is 5.75 Å². The van der Waals surface area contributed by atoms with E-state index < -0.39 is 7.05 Å². The number of ether oxygens (including phenoxy) is 1. The largest absolute Gasteiger partial charge is 0.497 e. The van der Waals surface area contributed by atoms with Crippen LogP contribution in [-0.2, 0) is 5.75 Å². The van der Waals surface area contributed by atoms with Crippen molar-refractivity contribution < 1.29 is 9.53 Å². The number of halogens is 1. The maximum atomic E-state index is 13.6. The van der Waals surface area contributed by atoms with Gasteiger partial charge in [-0.3, -0.25) is 9.54 Å². The van der Waals surface area contributed by atoms with Gasteiger partial charge in [-0.2, -0.15) is 0 Å². The first-order chi connectivity index (χ1) is 19.1. The lowest BCUT2D eigenvalue weighted by atomic mass is 10.2. The fourth-order valence-electron chi connectivity index (χ4n) is 4.42. The number of nitrogens with zero attached hydrogens (tertiary/aromatic N) is 1. The first kappa shape index (κ1) is 27.0. The molecule has 0 aliphatic carbocycles. The predicted molar refractivity (Wildman–Crippen MR) is 167 cm³/mol. The highest BCUT2D eigenvalue weighted by atomic mass is 35.5. The molecule has 3 nitrogen and oxygen atoms in total. The zero-order chi connectivity index (χ0) is 27.1. The number of benzene rings is 5. The molecule has 194 valence electrons. The molecule has 0 radical (unpaired) electrons. The van der Waals surface area contributed by atoms with Crippen LogP contribution < -0.4 is 20.7 Å². The Morgan fingerprint density at radius 2 is 1.26 bits per heavy atom. The number of methoxy groups -OCH3 is 1. The second kappa shape index (κ2) is 12.5. The summed E-state index contributed by atoms with van der Waals surface area (Å²) in [4.78, 5) is 13.6. The predicted octanol–water partition coefficient (Wildman–Crippen LogP) is 8.23. The standard InChI is InChI=1S/C33H27ClNO2PS/c1-37-27-20-17-25(18-21-27)24-39-33(36)31-23-26(34)19-22-32(31)35-38(28-11-5-2-6-12-28,29-13-7-3-8-14-29)30-15-9-4-10-16-30/h2-23H,24H2,1H3. The van der Waals surface area contributed by atoms with Crippen LogP contribution >= 0.6 is 30.4 Å². The molecule has 39 heavy (non-hydrogen) atoms. The van der Waals surface area contributed by atoms with Crippen LogP contribution in [0.3, 0.4) is 0 Å². The molecule has 5 aromatic carbocycles. The van der Waals surface area contributed by atoms with Crippen LogP contribution in [0.4, 0.5) is 5.69 Å². The van der Waals surface area contributed by atoms with Gasteiger partial charge in [-0.25, -0.2) is 0 Å². The van der Waals surface area contributed by atoms with Crippen molar-refractivity contribution in [2.75, 3.05) is 7.11 Å². The molecule has 0 amide bonds. The van der Waals surface area contributed by atoms with Gasteiger partial charge in [-0.1, -0.05) is 126 Å². The zero-order valence-corrected chi connectivity index (χ0v) is 23.9. The molecule has 0 atom stereocenters. The van der Waals surface area contributed by atoms with Crippen molar-refractivity contribution >= 4 is 57.1 Å². The van der Waals surface area contributed by atoms with Gasteiger partial charge in [0.2, 0.25) is 5.12 Å². The highest BCUT2D eigenvalue weighted by Gasteiger charge is 2.28. The quantitative estimate of drug-likeness (QED) is 0.177. The van der Waals surface area contributed by atoms with Gasteiger partial charge in [0.15, 0.2) is 0 Å². The second-order valence-electron chi connectivity index (χ2n) is 8.83. The zero-order valence-electron chi connectivity index (χ0n) is 21.4. The Bertz CT molecular complexity index is 1510. The van der Waals surface area contributed by atoms with Crippen molar-refractivity contribution in [3.8, 4) is 5.75 Å². The molecule has 0 saturated carbocycles. The third kappa shape index (κ3) is 6.04. The molecule has 0 aliphatic heterocycles. The first-order valence-electron chi connectivity index (χ1n) is 12.5. The Labute approximate surface area is 238 Å². The fraction of sp³-hybridized carbons (Fsp3) is 0.0606. The summed E-state index contributed by atoms with van der Waals surface area (Å²) in [7, 11) is -0.897.